The Kier molecular flexibility index (Phi) is 2.45. The van der Waals surface area contributed by atoms with Gasteiger partial charge in [0.1, 0.15) is 10.7 Å². The number of nitrogens with zero attached hydrogens (tertiary/aromatic N) is 2. The third-order valence-electron chi connectivity index (χ3n) is 3.17. The Morgan fingerprint density at radius 1 is 1.18 bits per heavy atom. The quantitative estimate of drug-likeness (QED) is 0.695. The van der Waals surface area contributed by atoms with E-state index in [4.69, 9.17) is 0 Å². The van der Waals surface area contributed by atoms with Gasteiger partial charge in [-0.2, -0.15) is 5.26 Å². The zero-order valence-electron chi connectivity index (χ0n) is 9.07. The van der Waals surface area contributed by atoms with E-state index in [0.717, 1.165) is 18.4 Å². The van der Waals surface area contributed by atoms with E-state index in [1.54, 1.807) is 0 Å². The van der Waals surface area contributed by atoms with Gasteiger partial charge in [0.25, 0.3) is 0 Å². The van der Waals surface area contributed by atoms with Crippen LogP contribution in [0.25, 0.3) is 11.1 Å². The van der Waals surface area contributed by atoms with Crippen molar-refractivity contribution in [3.8, 4) is 17.2 Å². The second kappa shape index (κ2) is 3.97. The number of halogens is 1. The molecule has 2 nitrogen and oxygen atoms in total. The van der Waals surface area contributed by atoms with Crippen molar-refractivity contribution in [1.29, 1.82) is 5.26 Å². The SMILES string of the molecule is N#Cc1c(Br)ncc2c1-c1ccccc1CC2. The fraction of sp³-hybridized carbons (Fsp3) is 0.143. The molecule has 0 bridgehead atoms. The molecular formula is C14H9BrN2. The minimum absolute atomic E-state index is 0.635. The average Bonchev–Trinajstić information content (AvgIpc) is 2.38. The second-order valence-electron chi connectivity index (χ2n) is 4.09. The molecule has 3 rings (SSSR count). The Balaban J connectivity index is 2.38. The first-order chi connectivity index (χ1) is 8.31. The third kappa shape index (κ3) is 1.57. The zero-order chi connectivity index (χ0) is 11.8. The van der Waals surface area contributed by atoms with Gasteiger partial charge in [0.2, 0.25) is 0 Å². The summed E-state index contributed by atoms with van der Waals surface area (Å²) in [5.74, 6) is 0. The van der Waals surface area contributed by atoms with Gasteiger partial charge in [-0.1, -0.05) is 24.3 Å². The van der Waals surface area contributed by atoms with Crippen LogP contribution in [0, 0.1) is 11.3 Å². The van der Waals surface area contributed by atoms with Crippen LogP contribution < -0.4 is 0 Å². The molecule has 0 aliphatic heterocycles. The van der Waals surface area contributed by atoms with Crippen molar-refractivity contribution < 1.29 is 0 Å². The van der Waals surface area contributed by atoms with Crippen LogP contribution in [0.2, 0.25) is 0 Å². The zero-order valence-corrected chi connectivity index (χ0v) is 10.7. The van der Waals surface area contributed by atoms with E-state index in [9.17, 15) is 5.26 Å². The molecule has 0 saturated heterocycles. The van der Waals surface area contributed by atoms with Gasteiger partial charge < -0.3 is 0 Å². The molecule has 2 aromatic rings. The van der Waals surface area contributed by atoms with Gasteiger partial charge in [0, 0.05) is 11.8 Å². The molecule has 0 radical (unpaired) electrons. The molecule has 0 amide bonds. The van der Waals surface area contributed by atoms with E-state index < -0.39 is 0 Å². The van der Waals surface area contributed by atoms with Crippen molar-refractivity contribution >= 4 is 15.9 Å². The number of benzene rings is 1. The van der Waals surface area contributed by atoms with Crippen LogP contribution in [0.3, 0.4) is 0 Å². The minimum Gasteiger partial charge on any atom is -0.248 e. The number of pyridine rings is 1. The summed E-state index contributed by atoms with van der Waals surface area (Å²) in [6.07, 6.45) is 3.86. The summed E-state index contributed by atoms with van der Waals surface area (Å²) in [4.78, 5) is 4.23. The highest BCUT2D eigenvalue weighted by Gasteiger charge is 2.21. The summed E-state index contributed by atoms with van der Waals surface area (Å²) >= 11 is 3.35. The summed E-state index contributed by atoms with van der Waals surface area (Å²) < 4.78 is 0.635. The molecule has 1 aliphatic rings. The number of aryl methyl sites for hydroxylation is 2. The fourth-order valence-electron chi connectivity index (χ4n) is 2.38. The summed E-state index contributed by atoms with van der Waals surface area (Å²) in [5, 5.41) is 9.28. The molecule has 0 unspecified atom stereocenters. The van der Waals surface area contributed by atoms with Crippen molar-refractivity contribution in [2.75, 3.05) is 0 Å². The predicted octanol–water partition coefficient (Wildman–Crippen LogP) is 3.48. The van der Waals surface area contributed by atoms with Crippen molar-refractivity contribution in [3.63, 3.8) is 0 Å². The third-order valence-corrected chi connectivity index (χ3v) is 3.77. The molecule has 0 spiro atoms. The maximum Gasteiger partial charge on any atom is 0.124 e. The van der Waals surface area contributed by atoms with Crippen LogP contribution in [-0.4, -0.2) is 4.98 Å². The van der Waals surface area contributed by atoms with Gasteiger partial charge in [0.05, 0.1) is 5.56 Å². The molecule has 1 aromatic carbocycles. The summed E-state index contributed by atoms with van der Waals surface area (Å²) in [7, 11) is 0. The Morgan fingerprint density at radius 3 is 2.76 bits per heavy atom. The second-order valence-corrected chi connectivity index (χ2v) is 4.84. The topological polar surface area (TPSA) is 36.7 Å². The molecule has 1 aromatic heterocycles. The van der Waals surface area contributed by atoms with Crippen molar-refractivity contribution in [1.82, 2.24) is 4.98 Å². The van der Waals surface area contributed by atoms with Gasteiger partial charge in [-0.25, -0.2) is 4.98 Å². The van der Waals surface area contributed by atoms with Crippen LogP contribution in [0.5, 0.6) is 0 Å². The van der Waals surface area contributed by atoms with Gasteiger partial charge in [-0.05, 0) is 45.5 Å². The molecule has 3 heteroatoms. The number of hydrogen-bond acceptors (Lipinski definition) is 2. The summed E-state index contributed by atoms with van der Waals surface area (Å²) in [6, 6.07) is 10.5. The Hall–Kier alpha value is -1.66. The molecule has 17 heavy (non-hydrogen) atoms. The predicted molar refractivity (Wildman–Crippen MR) is 69.5 cm³/mol. The van der Waals surface area contributed by atoms with Crippen LogP contribution >= 0.6 is 15.9 Å². The maximum atomic E-state index is 9.28. The molecule has 0 atom stereocenters. The highest BCUT2D eigenvalue weighted by molar-refractivity contribution is 9.10. The minimum atomic E-state index is 0.635. The lowest BCUT2D eigenvalue weighted by Crippen LogP contribution is -2.06. The van der Waals surface area contributed by atoms with Crippen molar-refractivity contribution in [2.45, 2.75) is 12.8 Å². The van der Waals surface area contributed by atoms with Gasteiger partial charge in [-0.15, -0.1) is 0 Å². The summed E-state index contributed by atoms with van der Waals surface area (Å²) in [5.41, 5.74) is 5.36. The smallest absolute Gasteiger partial charge is 0.124 e. The number of rotatable bonds is 0. The van der Waals surface area contributed by atoms with E-state index >= 15 is 0 Å². The number of aromatic nitrogens is 1. The largest absolute Gasteiger partial charge is 0.248 e. The number of nitriles is 1. The number of hydrogen-bond donors (Lipinski definition) is 0. The Labute approximate surface area is 108 Å². The first kappa shape index (κ1) is 10.5. The van der Waals surface area contributed by atoms with Crippen molar-refractivity contribution in [2.24, 2.45) is 0 Å². The van der Waals surface area contributed by atoms with Crippen molar-refractivity contribution in [3.05, 3.63) is 51.8 Å². The molecule has 0 fully saturated rings. The molecule has 1 heterocycles. The first-order valence-electron chi connectivity index (χ1n) is 5.47. The van der Waals surface area contributed by atoms with E-state index in [1.165, 1.54) is 16.7 Å². The van der Waals surface area contributed by atoms with E-state index in [-0.39, 0.29) is 0 Å². The normalized spacial score (nSPS) is 12.5. The van der Waals surface area contributed by atoms with Crippen LogP contribution in [0.15, 0.2) is 35.1 Å². The fourth-order valence-corrected chi connectivity index (χ4v) is 2.77. The van der Waals surface area contributed by atoms with Gasteiger partial charge in [-0.3, -0.25) is 0 Å². The molecule has 82 valence electrons. The van der Waals surface area contributed by atoms with Gasteiger partial charge >= 0.3 is 0 Å². The molecule has 1 aliphatic carbocycles. The number of fused-ring (bicyclic) bond motifs is 3. The van der Waals surface area contributed by atoms with Gasteiger partial charge in [0.15, 0.2) is 0 Å². The van der Waals surface area contributed by atoms with Crippen LogP contribution in [-0.2, 0) is 12.8 Å². The Morgan fingerprint density at radius 2 is 1.94 bits per heavy atom. The molecular weight excluding hydrogens is 276 g/mol. The average molecular weight is 285 g/mol. The van der Waals surface area contributed by atoms with E-state index in [2.05, 4.69) is 39.1 Å². The maximum absolute atomic E-state index is 9.28. The standard InChI is InChI=1S/C14H9BrN2/c15-14-12(7-16)13-10(8-17-14)6-5-9-3-1-2-4-11(9)13/h1-4,8H,5-6H2. The lowest BCUT2D eigenvalue weighted by Gasteiger charge is -2.20. The first-order valence-corrected chi connectivity index (χ1v) is 6.26. The lowest BCUT2D eigenvalue weighted by atomic mass is 9.85. The Bertz CT molecular complexity index is 641. The molecule has 0 saturated carbocycles. The highest BCUT2D eigenvalue weighted by Crippen LogP contribution is 2.37. The van der Waals surface area contributed by atoms with E-state index in [1.807, 2.05) is 18.3 Å². The van der Waals surface area contributed by atoms with Crippen LogP contribution in [0.4, 0.5) is 0 Å². The van der Waals surface area contributed by atoms with Crippen LogP contribution in [0.1, 0.15) is 16.7 Å². The van der Waals surface area contributed by atoms with E-state index in [0.29, 0.717) is 10.2 Å². The monoisotopic (exact) mass is 284 g/mol. The summed E-state index contributed by atoms with van der Waals surface area (Å²) in [6.45, 7) is 0. The lowest BCUT2D eigenvalue weighted by molar-refractivity contribution is 0.927. The molecule has 0 N–H and O–H groups in total. The highest BCUT2D eigenvalue weighted by atomic mass is 79.9.